The van der Waals surface area contributed by atoms with E-state index in [4.69, 9.17) is 32.7 Å². The van der Waals surface area contributed by atoms with Crippen LogP contribution in [0.1, 0.15) is 6.92 Å². The first-order chi connectivity index (χ1) is 10.9. The lowest BCUT2D eigenvalue weighted by Crippen LogP contribution is -3.14. The Balaban J connectivity index is 2.02. The summed E-state index contributed by atoms with van der Waals surface area (Å²) in [6, 6.07) is 2.74. The highest BCUT2D eigenvalue weighted by Gasteiger charge is 2.21. The third-order valence-electron chi connectivity index (χ3n) is 3.55. The van der Waals surface area contributed by atoms with Crippen molar-refractivity contribution >= 4 is 33.2 Å². The van der Waals surface area contributed by atoms with Crippen molar-refractivity contribution in [2.24, 2.45) is 0 Å². The molecule has 1 aromatic rings. The smallest absolute Gasteiger partial charge is 0.242 e. The fourth-order valence-corrected chi connectivity index (χ4v) is 4.19. The van der Waals surface area contributed by atoms with Crippen molar-refractivity contribution in [3.8, 4) is 5.75 Å². The van der Waals surface area contributed by atoms with Crippen LogP contribution in [0, 0.1) is 0 Å². The highest BCUT2D eigenvalue weighted by atomic mass is 35.5. The van der Waals surface area contributed by atoms with E-state index in [9.17, 15) is 8.42 Å². The molecule has 0 amide bonds. The van der Waals surface area contributed by atoms with Gasteiger partial charge in [0.1, 0.15) is 23.7 Å². The summed E-state index contributed by atoms with van der Waals surface area (Å²) in [6.45, 7) is 6.45. The van der Waals surface area contributed by atoms with Crippen molar-refractivity contribution in [1.82, 2.24) is 4.72 Å². The molecule has 1 aliphatic rings. The topological polar surface area (TPSA) is 69.1 Å². The average Bonchev–Trinajstić information content (AvgIpc) is 2.51. The maximum Gasteiger partial charge on any atom is 0.242 e. The zero-order valence-electron chi connectivity index (χ0n) is 12.9. The van der Waals surface area contributed by atoms with Crippen LogP contribution in [0.2, 0.25) is 10.0 Å². The number of nitrogens with one attached hydrogen (secondary N) is 2. The minimum atomic E-state index is -3.71. The van der Waals surface area contributed by atoms with E-state index in [1.165, 1.54) is 17.0 Å². The van der Waals surface area contributed by atoms with Crippen LogP contribution in [-0.4, -0.2) is 54.4 Å². The first kappa shape index (κ1) is 18.8. The largest absolute Gasteiger partial charge is 0.492 e. The van der Waals surface area contributed by atoms with Gasteiger partial charge in [-0.25, -0.2) is 13.1 Å². The second-order valence-corrected chi connectivity index (χ2v) is 7.71. The molecule has 0 unspecified atom stereocenters. The Morgan fingerprint density at radius 2 is 1.96 bits per heavy atom. The molecule has 9 heteroatoms. The summed E-state index contributed by atoms with van der Waals surface area (Å²) in [5, 5.41) is 0.305. The number of sulfonamides is 1. The van der Waals surface area contributed by atoms with Gasteiger partial charge in [-0.1, -0.05) is 23.2 Å². The summed E-state index contributed by atoms with van der Waals surface area (Å²) in [5.41, 5.74) is 0. The summed E-state index contributed by atoms with van der Waals surface area (Å²) in [7, 11) is -3.71. The third kappa shape index (κ3) is 5.20. The van der Waals surface area contributed by atoms with Gasteiger partial charge in [-0.05, 0) is 13.0 Å². The molecule has 0 saturated carbocycles. The molecule has 1 aromatic carbocycles. The number of hydrogen-bond donors (Lipinski definition) is 2. The molecule has 130 valence electrons. The molecule has 0 atom stereocenters. The fourth-order valence-electron chi connectivity index (χ4n) is 2.33. The molecular weight excluding hydrogens is 363 g/mol. The standard InChI is InChI=1S/C14H20Cl2N2O4S/c1-2-22-13-9-12(16)14(10-11(13)15)23(19,20)17-3-4-18-5-7-21-8-6-18/h9-10,17H,2-8H2,1H3/p+1. The van der Waals surface area contributed by atoms with Crippen LogP contribution < -0.4 is 14.4 Å². The number of benzene rings is 1. The minimum absolute atomic E-state index is 0.0374. The zero-order valence-corrected chi connectivity index (χ0v) is 15.2. The van der Waals surface area contributed by atoms with Crippen LogP contribution in [0.5, 0.6) is 5.75 Å². The van der Waals surface area contributed by atoms with Gasteiger partial charge in [0.05, 0.1) is 43.0 Å². The second kappa shape index (κ2) is 8.50. The highest BCUT2D eigenvalue weighted by molar-refractivity contribution is 7.89. The van der Waals surface area contributed by atoms with Crippen LogP contribution in [0.4, 0.5) is 0 Å². The zero-order chi connectivity index (χ0) is 16.9. The van der Waals surface area contributed by atoms with E-state index in [0.29, 0.717) is 38.7 Å². The third-order valence-corrected chi connectivity index (χ3v) is 5.77. The van der Waals surface area contributed by atoms with Gasteiger partial charge < -0.3 is 14.4 Å². The van der Waals surface area contributed by atoms with Crippen molar-refractivity contribution in [2.45, 2.75) is 11.8 Å². The number of halogens is 2. The number of quaternary nitrogens is 1. The van der Waals surface area contributed by atoms with Crippen molar-refractivity contribution in [2.75, 3.05) is 46.0 Å². The Bertz CT molecular complexity index is 634. The summed E-state index contributed by atoms with van der Waals surface area (Å²) in [6.07, 6.45) is 0. The van der Waals surface area contributed by atoms with Gasteiger partial charge in [-0.3, -0.25) is 0 Å². The molecule has 6 nitrogen and oxygen atoms in total. The number of rotatable bonds is 7. The van der Waals surface area contributed by atoms with Crippen LogP contribution in [0.3, 0.4) is 0 Å². The Kier molecular flexibility index (Phi) is 6.94. The Morgan fingerprint density at radius 3 is 2.61 bits per heavy atom. The van der Waals surface area contributed by atoms with E-state index in [2.05, 4.69) is 4.72 Å². The fraction of sp³-hybridized carbons (Fsp3) is 0.571. The molecule has 0 spiro atoms. The Labute approximate surface area is 146 Å². The predicted octanol–water partition coefficient (Wildman–Crippen LogP) is 0.586. The molecule has 1 aliphatic heterocycles. The quantitative estimate of drug-likeness (QED) is 0.722. The van der Waals surface area contributed by atoms with Crippen LogP contribution in [0.25, 0.3) is 0 Å². The number of ether oxygens (including phenoxy) is 2. The predicted molar refractivity (Wildman–Crippen MR) is 89.2 cm³/mol. The van der Waals surface area contributed by atoms with Crippen LogP contribution in [0.15, 0.2) is 17.0 Å². The average molecular weight is 384 g/mol. The lowest BCUT2D eigenvalue weighted by Gasteiger charge is -2.23. The van der Waals surface area contributed by atoms with Crippen molar-refractivity contribution in [1.29, 1.82) is 0 Å². The monoisotopic (exact) mass is 383 g/mol. The number of morpholine rings is 1. The summed E-state index contributed by atoms with van der Waals surface area (Å²) in [5.74, 6) is 0.371. The summed E-state index contributed by atoms with van der Waals surface area (Å²) in [4.78, 5) is 1.28. The molecular formula is C14H21Cl2N2O4S+. The first-order valence-electron chi connectivity index (χ1n) is 7.47. The summed E-state index contributed by atoms with van der Waals surface area (Å²) >= 11 is 12.1. The summed E-state index contributed by atoms with van der Waals surface area (Å²) < 4.78 is 37.9. The molecule has 1 fully saturated rings. The molecule has 2 rings (SSSR count). The van der Waals surface area contributed by atoms with Crippen molar-refractivity contribution in [3.05, 3.63) is 22.2 Å². The van der Waals surface area contributed by atoms with E-state index in [0.717, 1.165) is 13.1 Å². The van der Waals surface area contributed by atoms with Gasteiger partial charge in [0.15, 0.2) is 0 Å². The van der Waals surface area contributed by atoms with E-state index in [1.54, 1.807) is 0 Å². The van der Waals surface area contributed by atoms with Gasteiger partial charge in [-0.15, -0.1) is 0 Å². The maximum atomic E-state index is 12.4. The Hall–Kier alpha value is -0.570. The molecule has 0 aromatic heterocycles. The molecule has 0 bridgehead atoms. The Morgan fingerprint density at radius 1 is 1.26 bits per heavy atom. The molecule has 1 saturated heterocycles. The molecule has 0 aliphatic carbocycles. The van der Waals surface area contributed by atoms with E-state index < -0.39 is 10.0 Å². The second-order valence-electron chi connectivity index (χ2n) is 5.16. The minimum Gasteiger partial charge on any atom is -0.492 e. The van der Waals surface area contributed by atoms with Gasteiger partial charge in [-0.2, -0.15) is 0 Å². The van der Waals surface area contributed by atoms with Gasteiger partial charge >= 0.3 is 0 Å². The number of hydrogen-bond acceptors (Lipinski definition) is 4. The normalized spacial score (nSPS) is 16.5. The van der Waals surface area contributed by atoms with Gasteiger partial charge in [0.2, 0.25) is 10.0 Å². The molecule has 1 heterocycles. The maximum absolute atomic E-state index is 12.4. The van der Waals surface area contributed by atoms with Crippen molar-refractivity contribution in [3.63, 3.8) is 0 Å². The molecule has 0 radical (unpaired) electrons. The van der Waals surface area contributed by atoms with E-state index in [1.807, 2.05) is 6.92 Å². The van der Waals surface area contributed by atoms with Gasteiger partial charge in [0, 0.05) is 6.07 Å². The van der Waals surface area contributed by atoms with Crippen molar-refractivity contribution < 1.29 is 22.8 Å². The van der Waals surface area contributed by atoms with Crippen LogP contribution >= 0.6 is 23.2 Å². The lowest BCUT2D eigenvalue weighted by molar-refractivity contribution is -0.906. The van der Waals surface area contributed by atoms with E-state index >= 15 is 0 Å². The molecule has 23 heavy (non-hydrogen) atoms. The first-order valence-corrected chi connectivity index (χ1v) is 9.70. The SMILES string of the molecule is CCOc1cc(Cl)c(S(=O)(=O)NCC[NH+]2CCOCC2)cc1Cl. The van der Waals surface area contributed by atoms with Crippen LogP contribution in [-0.2, 0) is 14.8 Å². The highest BCUT2D eigenvalue weighted by Crippen LogP contribution is 2.33. The van der Waals surface area contributed by atoms with Gasteiger partial charge in [0.25, 0.3) is 0 Å². The van der Waals surface area contributed by atoms with E-state index in [-0.39, 0.29) is 14.9 Å². The molecule has 2 N–H and O–H groups in total. The lowest BCUT2D eigenvalue weighted by atomic mass is 10.3.